The number of carbonyl (C=O) groups is 1. The molecular weight excluding hydrogens is 230 g/mol. The molecule has 3 N–H and O–H groups in total. The van der Waals surface area contributed by atoms with E-state index in [-0.39, 0.29) is 19.1 Å². The van der Waals surface area contributed by atoms with Crippen LogP contribution in [0.5, 0.6) is 5.75 Å². The SMILES string of the molecule is N#CCNC(=O)COc1cc(Cl)ccc1N. The number of nitrogen functional groups attached to an aromatic ring is 1. The Labute approximate surface area is 97.8 Å². The van der Waals surface area contributed by atoms with Gasteiger partial charge in [-0.2, -0.15) is 5.26 Å². The van der Waals surface area contributed by atoms with Crippen LogP contribution in [0.15, 0.2) is 18.2 Å². The Bertz CT molecular complexity index is 429. The smallest absolute Gasteiger partial charge is 0.258 e. The highest BCUT2D eigenvalue weighted by atomic mass is 35.5. The number of anilines is 1. The minimum absolute atomic E-state index is 0.0484. The summed E-state index contributed by atoms with van der Waals surface area (Å²) in [6.07, 6.45) is 0. The number of rotatable bonds is 4. The largest absolute Gasteiger partial charge is 0.482 e. The lowest BCUT2D eigenvalue weighted by atomic mass is 10.3. The fourth-order valence-electron chi connectivity index (χ4n) is 0.966. The van der Waals surface area contributed by atoms with Crippen LogP contribution in [0.25, 0.3) is 0 Å². The van der Waals surface area contributed by atoms with Crippen molar-refractivity contribution in [3.8, 4) is 11.8 Å². The molecule has 1 rings (SSSR count). The predicted octanol–water partition coefficient (Wildman–Crippen LogP) is 0.941. The van der Waals surface area contributed by atoms with E-state index in [1.54, 1.807) is 18.2 Å². The van der Waals surface area contributed by atoms with E-state index in [1.165, 1.54) is 6.07 Å². The fourth-order valence-corrected chi connectivity index (χ4v) is 1.13. The molecule has 0 saturated carbocycles. The van der Waals surface area contributed by atoms with Crippen LogP contribution in [0.4, 0.5) is 5.69 Å². The first-order chi connectivity index (χ1) is 7.63. The van der Waals surface area contributed by atoms with Crippen LogP contribution < -0.4 is 15.8 Å². The minimum atomic E-state index is -0.388. The van der Waals surface area contributed by atoms with Gasteiger partial charge in [-0.05, 0) is 12.1 Å². The molecule has 0 atom stereocenters. The molecule has 1 aromatic rings. The highest BCUT2D eigenvalue weighted by Crippen LogP contribution is 2.24. The number of amides is 1. The second kappa shape index (κ2) is 5.83. The number of benzene rings is 1. The zero-order valence-corrected chi connectivity index (χ0v) is 9.12. The molecule has 0 bridgehead atoms. The number of hydrogen-bond donors (Lipinski definition) is 2. The van der Waals surface area contributed by atoms with Crippen molar-refractivity contribution in [1.82, 2.24) is 5.32 Å². The lowest BCUT2D eigenvalue weighted by Gasteiger charge is -2.08. The number of halogens is 1. The predicted molar refractivity (Wildman–Crippen MR) is 60.0 cm³/mol. The number of nitriles is 1. The molecule has 0 saturated heterocycles. The second-order valence-electron chi connectivity index (χ2n) is 2.91. The van der Waals surface area contributed by atoms with Gasteiger partial charge in [-0.25, -0.2) is 0 Å². The van der Waals surface area contributed by atoms with Gasteiger partial charge in [-0.1, -0.05) is 11.6 Å². The van der Waals surface area contributed by atoms with Crippen molar-refractivity contribution in [3.63, 3.8) is 0 Å². The molecule has 0 aliphatic rings. The van der Waals surface area contributed by atoms with E-state index in [0.29, 0.717) is 16.5 Å². The zero-order valence-electron chi connectivity index (χ0n) is 8.37. The summed E-state index contributed by atoms with van der Waals surface area (Å²) in [6.45, 7) is -0.251. The van der Waals surface area contributed by atoms with Crippen LogP contribution >= 0.6 is 11.6 Å². The molecule has 0 spiro atoms. The standard InChI is InChI=1S/C10H10ClN3O2/c11-7-1-2-8(13)9(5-7)16-6-10(15)14-4-3-12/h1-2,5H,4,6,13H2,(H,14,15). The average Bonchev–Trinajstić information content (AvgIpc) is 2.27. The molecule has 1 aromatic carbocycles. The summed E-state index contributed by atoms with van der Waals surface area (Å²) in [6, 6.07) is 6.52. The van der Waals surface area contributed by atoms with E-state index in [1.807, 2.05) is 0 Å². The first kappa shape index (κ1) is 12.1. The van der Waals surface area contributed by atoms with Crippen molar-refractivity contribution < 1.29 is 9.53 Å². The summed E-state index contributed by atoms with van der Waals surface area (Å²) in [5, 5.41) is 11.0. The summed E-state index contributed by atoms with van der Waals surface area (Å²) < 4.78 is 5.15. The molecule has 16 heavy (non-hydrogen) atoms. The summed E-state index contributed by atoms with van der Waals surface area (Å²) in [7, 11) is 0. The van der Waals surface area contributed by atoms with Crippen LogP contribution in [-0.4, -0.2) is 19.1 Å². The van der Waals surface area contributed by atoms with Gasteiger partial charge in [-0.3, -0.25) is 4.79 Å². The molecule has 1 amide bonds. The Kier molecular flexibility index (Phi) is 4.42. The first-order valence-corrected chi connectivity index (χ1v) is 4.82. The molecule has 84 valence electrons. The molecule has 0 aliphatic carbocycles. The van der Waals surface area contributed by atoms with E-state index in [4.69, 9.17) is 27.3 Å². The van der Waals surface area contributed by atoms with Gasteiger partial charge in [-0.15, -0.1) is 0 Å². The van der Waals surface area contributed by atoms with E-state index in [0.717, 1.165) is 0 Å². The molecule has 0 fully saturated rings. The van der Waals surface area contributed by atoms with Crippen molar-refractivity contribution in [1.29, 1.82) is 5.26 Å². The monoisotopic (exact) mass is 239 g/mol. The third kappa shape index (κ3) is 3.67. The Hall–Kier alpha value is -1.93. The molecule has 0 aliphatic heterocycles. The Morgan fingerprint density at radius 3 is 3.06 bits per heavy atom. The van der Waals surface area contributed by atoms with Gasteiger partial charge in [0.25, 0.3) is 5.91 Å². The van der Waals surface area contributed by atoms with Gasteiger partial charge >= 0.3 is 0 Å². The van der Waals surface area contributed by atoms with Crippen LogP contribution in [-0.2, 0) is 4.79 Å². The highest BCUT2D eigenvalue weighted by molar-refractivity contribution is 6.30. The molecule has 0 heterocycles. The topological polar surface area (TPSA) is 88.1 Å². The maximum Gasteiger partial charge on any atom is 0.258 e. The highest BCUT2D eigenvalue weighted by Gasteiger charge is 2.05. The van der Waals surface area contributed by atoms with Gasteiger partial charge in [0, 0.05) is 11.1 Å². The maximum absolute atomic E-state index is 11.1. The van der Waals surface area contributed by atoms with Crippen LogP contribution in [0.1, 0.15) is 0 Å². The second-order valence-corrected chi connectivity index (χ2v) is 3.34. The molecule has 6 heteroatoms. The third-order valence-corrected chi connectivity index (χ3v) is 1.93. The summed E-state index contributed by atoms with van der Waals surface area (Å²) >= 11 is 5.74. The normalized spacial score (nSPS) is 9.25. The van der Waals surface area contributed by atoms with Crippen LogP contribution in [0.2, 0.25) is 5.02 Å². The zero-order chi connectivity index (χ0) is 12.0. The molecule has 0 aromatic heterocycles. The van der Waals surface area contributed by atoms with Gasteiger partial charge in [0.1, 0.15) is 12.3 Å². The number of nitrogens with zero attached hydrogens (tertiary/aromatic N) is 1. The quantitative estimate of drug-likeness (QED) is 0.605. The number of carbonyl (C=O) groups excluding carboxylic acids is 1. The number of hydrogen-bond acceptors (Lipinski definition) is 4. The van der Waals surface area contributed by atoms with Crippen LogP contribution in [0, 0.1) is 11.3 Å². The first-order valence-electron chi connectivity index (χ1n) is 4.45. The number of nitrogens with two attached hydrogens (primary N) is 1. The van der Waals surface area contributed by atoms with Gasteiger partial charge in [0.15, 0.2) is 6.61 Å². The third-order valence-electron chi connectivity index (χ3n) is 1.70. The van der Waals surface area contributed by atoms with E-state index in [2.05, 4.69) is 5.32 Å². The molecule has 0 radical (unpaired) electrons. The molecule has 0 unspecified atom stereocenters. The molecule has 5 nitrogen and oxygen atoms in total. The lowest BCUT2D eigenvalue weighted by molar-refractivity contribution is -0.122. The molecular formula is C10H10ClN3O2. The van der Waals surface area contributed by atoms with Crippen molar-refractivity contribution >= 4 is 23.2 Å². The summed E-state index contributed by atoms with van der Waals surface area (Å²) in [5.41, 5.74) is 6.01. The Morgan fingerprint density at radius 1 is 1.62 bits per heavy atom. The van der Waals surface area contributed by atoms with Gasteiger partial charge in [0.05, 0.1) is 11.8 Å². The van der Waals surface area contributed by atoms with E-state index >= 15 is 0 Å². The average molecular weight is 240 g/mol. The van der Waals surface area contributed by atoms with Crippen molar-refractivity contribution in [2.24, 2.45) is 0 Å². The Morgan fingerprint density at radius 2 is 2.38 bits per heavy atom. The van der Waals surface area contributed by atoms with Gasteiger partial charge in [0.2, 0.25) is 0 Å². The van der Waals surface area contributed by atoms with Crippen molar-refractivity contribution in [2.75, 3.05) is 18.9 Å². The maximum atomic E-state index is 11.1. The number of nitrogens with one attached hydrogen (secondary N) is 1. The van der Waals surface area contributed by atoms with E-state index in [9.17, 15) is 4.79 Å². The number of ether oxygens (including phenoxy) is 1. The van der Waals surface area contributed by atoms with Gasteiger partial charge < -0.3 is 15.8 Å². The summed E-state index contributed by atoms with van der Waals surface area (Å²) in [4.78, 5) is 11.1. The summed E-state index contributed by atoms with van der Waals surface area (Å²) in [5.74, 6) is -0.0412. The van der Waals surface area contributed by atoms with Crippen LogP contribution in [0.3, 0.4) is 0 Å². The van der Waals surface area contributed by atoms with Crippen molar-refractivity contribution in [3.05, 3.63) is 23.2 Å². The van der Waals surface area contributed by atoms with Crippen molar-refractivity contribution in [2.45, 2.75) is 0 Å². The Balaban J connectivity index is 2.51. The lowest BCUT2D eigenvalue weighted by Crippen LogP contribution is -2.29. The van der Waals surface area contributed by atoms with E-state index < -0.39 is 0 Å². The fraction of sp³-hybridized carbons (Fsp3) is 0.200. The minimum Gasteiger partial charge on any atom is -0.482 e.